The van der Waals surface area contributed by atoms with Gasteiger partial charge in [0.2, 0.25) is 0 Å². The molecule has 0 heterocycles. The Morgan fingerprint density at radius 3 is 2.86 bits per heavy atom. The molecule has 2 rings (SSSR count). The van der Waals surface area contributed by atoms with Crippen LogP contribution in [0.1, 0.15) is 12.8 Å². The van der Waals surface area contributed by atoms with Gasteiger partial charge in [0.15, 0.2) is 0 Å². The van der Waals surface area contributed by atoms with Gasteiger partial charge in [0, 0.05) is 17.8 Å². The topological polar surface area (TPSA) is 61.4 Å². The summed E-state index contributed by atoms with van der Waals surface area (Å²) in [4.78, 5) is 11.3. The van der Waals surface area contributed by atoms with Crippen LogP contribution < -0.4 is 10.6 Å². The molecule has 1 fully saturated rings. The van der Waals surface area contributed by atoms with Gasteiger partial charge in [-0.25, -0.2) is 4.79 Å². The largest absolute Gasteiger partial charge is 0.508 e. The summed E-state index contributed by atoms with van der Waals surface area (Å²) in [5.41, 5.74) is 0.600. The van der Waals surface area contributed by atoms with E-state index in [9.17, 15) is 4.79 Å². The van der Waals surface area contributed by atoms with Gasteiger partial charge in [-0.05, 0) is 25.0 Å². The number of carbonyl (C=O) groups excluding carboxylic acids is 1. The smallest absolute Gasteiger partial charge is 0.319 e. The summed E-state index contributed by atoms with van der Waals surface area (Å²) in [6, 6.07) is 6.61. The summed E-state index contributed by atoms with van der Waals surface area (Å²) in [5.74, 6) is 0.147. The molecule has 1 aliphatic rings. The number of amides is 2. The first-order valence-corrected chi connectivity index (χ1v) is 4.60. The molecule has 4 heteroatoms. The van der Waals surface area contributed by atoms with Crippen LogP contribution in [-0.2, 0) is 0 Å². The van der Waals surface area contributed by atoms with Crippen molar-refractivity contribution in [3.63, 3.8) is 0 Å². The highest BCUT2D eigenvalue weighted by atomic mass is 16.3. The van der Waals surface area contributed by atoms with Crippen molar-refractivity contribution >= 4 is 11.7 Å². The first kappa shape index (κ1) is 8.87. The molecule has 0 unspecified atom stereocenters. The van der Waals surface area contributed by atoms with Crippen LogP contribution in [0.2, 0.25) is 0 Å². The number of carbonyl (C=O) groups is 1. The lowest BCUT2D eigenvalue weighted by Gasteiger charge is -2.06. The molecule has 0 atom stereocenters. The van der Waals surface area contributed by atoms with E-state index in [4.69, 9.17) is 5.11 Å². The molecule has 0 aromatic heterocycles. The normalized spacial score (nSPS) is 14.9. The van der Waals surface area contributed by atoms with E-state index in [1.807, 2.05) is 0 Å². The summed E-state index contributed by atoms with van der Waals surface area (Å²) in [7, 11) is 0. The maximum atomic E-state index is 11.3. The minimum absolute atomic E-state index is 0.147. The lowest BCUT2D eigenvalue weighted by atomic mass is 10.3. The molecule has 2 amide bonds. The Morgan fingerprint density at radius 1 is 1.43 bits per heavy atom. The highest BCUT2D eigenvalue weighted by molar-refractivity contribution is 5.89. The minimum Gasteiger partial charge on any atom is -0.508 e. The number of urea groups is 1. The molecule has 74 valence electrons. The van der Waals surface area contributed by atoms with Crippen LogP contribution in [0.4, 0.5) is 10.5 Å². The number of hydrogen-bond acceptors (Lipinski definition) is 2. The fraction of sp³-hybridized carbons (Fsp3) is 0.300. The van der Waals surface area contributed by atoms with Gasteiger partial charge in [-0.3, -0.25) is 0 Å². The molecule has 14 heavy (non-hydrogen) atoms. The third kappa shape index (κ3) is 2.39. The van der Waals surface area contributed by atoms with Gasteiger partial charge in [-0.1, -0.05) is 6.07 Å². The second-order valence-electron chi connectivity index (χ2n) is 3.42. The molecule has 0 radical (unpaired) electrons. The quantitative estimate of drug-likeness (QED) is 0.667. The molecule has 1 aromatic carbocycles. The summed E-state index contributed by atoms with van der Waals surface area (Å²) in [5, 5.41) is 14.6. The van der Waals surface area contributed by atoms with E-state index in [0.29, 0.717) is 11.7 Å². The third-order valence-electron chi connectivity index (χ3n) is 2.02. The van der Waals surface area contributed by atoms with Gasteiger partial charge in [0.05, 0.1) is 0 Å². The van der Waals surface area contributed by atoms with Crippen LogP contribution in [0, 0.1) is 0 Å². The van der Waals surface area contributed by atoms with E-state index in [-0.39, 0.29) is 11.8 Å². The molecule has 0 saturated heterocycles. The van der Waals surface area contributed by atoms with Gasteiger partial charge >= 0.3 is 6.03 Å². The average Bonchev–Trinajstić information content (AvgIpc) is 2.87. The van der Waals surface area contributed by atoms with Crippen LogP contribution >= 0.6 is 0 Å². The number of hydrogen-bond donors (Lipinski definition) is 3. The van der Waals surface area contributed by atoms with E-state index in [2.05, 4.69) is 10.6 Å². The van der Waals surface area contributed by atoms with Crippen LogP contribution in [0.5, 0.6) is 5.75 Å². The van der Waals surface area contributed by atoms with Crippen molar-refractivity contribution < 1.29 is 9.90 Å². The Morgan fingerprint density at radius 2 is 2.21 bits per heavy atom. The van der Waals surface area contributed by atoms with E-state index >= 15 is 0 Å². The van der Waals surface area contributed by atoms with Crippen LogP contribution in [0.15, 0.2) is 24.3 Å². The molecular weight excluding hydrogens is 180 g/mol. The lowest BCUT2D eigenvalue weighted by Crippen LogP contribution is -2.30. The summed E-state index contributed by atoms with van der Waals surface area (Å²) < 4.78 is 0. The van der Waals surface area contributed by atoms with Crippen LogP contribution in [0.3, 0.4) is 0 Å². The maximum Gasteiger partial charge on any atom is 0.319 e. The Balaban J connectivity index is 1.92. The predicted octanol–water partition coefficient (Wildman–Crippen LogP) is 1.68. The van der Waals surface area contributed by atoms with Crippen molar-refractivity contribution in [1.29, 1.82) is 0 Å². The number of phenols is 1. The Bertz CT molecular complexity index is 348. The van der Waals surface area contributed by atoms with E-state index < -0.39 is 0 Å². The second-order valence-corrected chi connectivity index (χ2v) is 3.42. The second kappa shape index (κ2) is 3.57. The minimum atomic E-state index is -0.210. The zero-order valence-corrected chi connectivity index (χ0v) is 7.66. The van der Waals surface area contributed by atoms with Crippen LogP contribution in [0.25, 0.3) is 0 Å². The number of rotatable bonds is 2. The van der Waals surface area contributed by atoms with E-state index in [1.165, 1.54) is 6.07 Å². The fourth-order valence-electron chi connectivity index (χ4n) is 1.16. The predicted molar refractivity (Wildman–Crippen MR) is 53.3 cm³/mol. The van der Waals surface area contributed by atoms with Crippen molar-refractivity contribution in [2.75, 3.05) is 5.32 Å². The molecular formula is C10H12N2O2. The van der Waals surface area contributed by atoms with Gasteiger partial charge in [0.1, 0.15) is 5.75 Å². The van der Waals surface area contributed by atoms with Gasteiger partial charge < -0.3 is 15.7 Å². The summed E-state index contributed by atoms with van der Waals surface area (Å²) in [6.45, 7) is 0. The van der Waals surface area contributed by atoms with Crippen molar-refractivity contribution in [3.05, 3.63) is 24.3 Å². The highest BCUT2D eigenvalue weighted by Crippen LogP contribution is 2.19. The number of benzene rings is 1. The lowest BCUT2D eigenvalue weighted by molar-refractivity contribution is 0.251. The number of phenolic OH excluding ortho intramolecular Hbond substituents is 1. The monoisotopic (exact) mass is 192 g/mol. The number of anilines is 1. The van der Waals surface area contributed by atoms with Crippen molar-refractivity contribution in [3.8, 4) is 5.75 Å². The van der Waals surface area contributed by atoms with E-state index in [1.54, 1.807) is 18.2 Å². The molecule has 1 aliphatic carbocycles. The molecule has 1 saturated carbocycles. The Labute approximate surface area is 81.9 Å². The van der Waals surface area contributed by atoms with E-state index in [0.717, 1.165) is 12.8 Å². The molecule has 1 aromatic rings. The molecule has 0 bridgehead atoms. The molecule has 0 aliphatic heterocycles. The molecule has 0 spiro atoms. The Hall–Kier alpha value is -1.71. The first-order chi connectivity index (χ1) is 6.74. The number of aromatic hydroxyl groups is 1. The molecule has 3 N–H and O–H groups in total. The van der Waals surface area contributed by atoms with Crippen molar-refractivity contribution in [2.45, 2.75) is 18.9 Å². The standard InChI is InChI=1S/C10H12N2O2/c13-9-3-1-2-8(6-9)12-10(14)11-7-4-5-7/h1-3,6-7,13H,4-5H2,(H2,11,12,14). The summed E-state index contributed by atoms with van der Waals surface area (Å²) in [6.07, 6.45) is 2.13. The first-order valence-electron chi connectivity index (χ1n) is 4.60. The van der Waals surface area contributed by atoms with Crippen molar-refractivity contribution in [2.24, 2.45) is 0 Å². The van der Waals surface area contributed by atoms with Crippen molar-refractivity contribution in [1.82, 2.24) is 5.32 Å². The average molecular weight is 192 g/mol. The summed E-state index contributed by atoms with van der Waals surface area (Å²) >= 11 is 0. The third-order valence-corrected chi connectivity index (χ3v) is 2.02. The van der Waals surface area contributed by atoms with Gasteiger partial charge in [0.25, 0.3) is 0 Å². The number of nitrogens with one attached hydrogen (secondary N) is 2. The fourth-order valence-corrected chi connectivity index (χ4v) is 1.16. The van der Waals surface area contributed by atoms with Gasteiger partial charge in [-0.15, -0.1) is 0 Å². The van der Waals surface area contributed by atoms with Gasteiger partial charge in [-0.2, -0.15) is 0 Å². The van der Waals surface area contributed by atoms with Crippen LogP contribution in [-0.4, -0.2) is 17.2 Å². The Kier molecular flexibility index (Phi) is 2.26. The maximum absolute atomic E-state index is 11.3. The highest BCUT2D eigenvalue weighted by Gasteiger charge is 2.23. The zero-order valence-electron chi connectivity index (χ0n) is 7.66. The SMILES string of the molecule is O=C(Nc1cccc(O)c1)NC1CC1. The molecule has 4 nitrogen and oxygen atoms in total. The zero-order chi connectivity index (χ0) is 9.97.